The van der Waals surface area contributed by atoms with E-state index < -0.39 is 0 Å². The lowest BCUT2D eigenvalue weighted by Crippen LogP contribution is -1.99. The molecule has 3 heteroatoms. The highest BCUT2D eigenvalue weighted by atomic mass is 15.3. The SMILES string of the molecule is CCCc1ccn(-c2cc(C)ccn2)n1. The second-order valence-electron chi connectivity index (χ2n) is 3.69. The van der Waals surface area contributed by atoms with Crippen molar-refractivity contribution in [2.24, 2.45) is 0 Å². The molecule has 0 saturated carbocycles. The number of hydrogen-bond donors (Lipinski definition) is 0. The van der Waals surface area contributed by atoms with Gasteiger partial charge in [-0.05, 0) is 37.1 Å². The molecule has 0 spiro atoms. The van der Waals surface area contributed by atoms with E-state index in [9.17, 15) is 0 Å². The van der Waals surface area contributed by atoms with Crippen LogP contribution in [-0.4, -0.2) is 14.8 Å². The molecule has 15 heavy (non-hydrogen) atoms. The second-order valence-corrected chi connectivity index (χ2v) is 3.69. The van der Waals surface area contributed by atoms with Gasteiger partial charge in [0.1, 0.15) is 0 Å². The fraction of sp³-hybridized carbons (Fsp3) is 0.333. The average Bonchev–Trinajstić information content (AvgIpc) is 2.67. The maximum Gasteiger partial charge on any atom is 0.153 e. The van der Waals surface area contributed by atoms with E-state index in [0.717, 1.165) is 24.4 Å². The lowest BCUT2D eigenvalue weighted by Gasteiger charge is -2.00. The minimum Gasteiger partial charge on any atom is -0.237 e. The fourth-order valence-electron chi connectivity index (χ4n) is 1.52. The first kappa shape index (κ1) is 9.90. The topological polar surface area (TPSA) is 30.7 Å². The van der Waals surface area contributed by atoms with Crippen LogP contribution in [0.3, 0.4) is 0 Å². The van der Waals surface area contributed by atoms with Crippen LogP contribution in [0, 0.1) is 6.92 Å². The normalized spacial score (nSPS) is 10.5. The summed E-state index contributed by atoms with van der Waals surface area (Å²) in [6.45, 7) is 4.21. The number of aromatic nitrogens is 3. The molecule has 0 amide bonds. The molecule has 0 aromatic carbocycles. The third-order valence-electron chi connectivity index (χ3n) is 2.29. The standard InChI is InChI=1S/C12H15N3/c1-3-4-11-6-8-15(14-11)12-9-10(2)5-7-13-12/h5-9H,3-4H2,1-2H3. The maximum atomic E-state index is 4.47. The largest absolute Gasteiger partial charge is 0.237 e. The molecule has 0 aliphatic heterocycles. The van der Waals surface area contributed by atoms with Crippen LogP contribution in [0.15, 0.2) is 30.6 Å². The van der Waals surface area contributed by atoms with E-state index in [1.807, 2.05) is 35.3 Å². The molecular formula is C12H15N3. The monoisotopic (exact) mass is 201 g/mol. The summed E-state index contributed by atoms with van der Waals surface area (Å²) in [5, 5.41) is 4.47. The van der Waals surface area contributed by atoms with Gasteiger partial charge in [-0.3, -0.25) is 0 Å². The minimum absolute atomic E-state index is 0.886. The lowest BCUT2D eigenvalue weighted by atomic mass is 10.3. The Morgan fingerprint density at radius 2 is 2.20 bits per heavy atom. The van der Waals surface area contributed by atoms with Gasteiger partial charge in [0.2, 0.25) is 0 Å². The summed E-state index contributed by atoms with van der Waals surface area (Å²) in [5.41, 5.74) is 2.33. The van der Waals surface area contributed by atoms with E-state index >= 15 is 0 Å². The number of hydrogen-bond acceptors (Lipinski definition) is 2. The van der Waals surface area contributed by atoms with Gasteiger partial charge in [-0.15, -0.1) is 0 Å². The summed E-state index contributed by atoms with van der Waals surface area (Å²) in [6, 6.07) is 6.07. The first-order valence-corrected chi connectivity index (χ1v) is 5.27. The fourth-order valence-corrected chi connectivity index (χ4v) is 1.52. The van der Waals surface area contributed by atoms with Crippen LogP contribution >= 0.6 is 0 Å². The predicted molar refractivity (Wildman–Crippen MR) is 60.1 cm³/mol. The zero-order chi connectivity index (χ0) is 10.7. The molecule has 0 N–H and O–H groups in total. The second kappa shape index (κ2) is 4.26. The van der Waals surface area contributed by atoms with Crippen molar-refractivity contribution in [3.05, 3.63) is 41.9 Å². The van der Waals surface area contributed by atoms with Crippen LogP contribution in [0.5, 0.6) is 0 Å². The molecule has 78 valence electrons. The predicted octanol–water partition coefficient (Wildman–Crippen LogP) is 2.53. The molecule has 0 fully saturated rings. The summed E-state index contributed by atoms with van der Waals surface area (Å²) in [6.07, 6.45) is 5.93. The Hall–Kier alpha value is -1.64. The average molecular weight is 201 g/mol. The minimum atomic E-state index is 0.886. The molecule has 0 radical (unpaired) electrons. The van der Waals surface area contributed by atoms with E-state index in [1.165, 1.54) is 5.56 Å². The third kappa shape index (κ3) is 2.24. The molecule has 0 bridgehead atoms. The Morgan fingerprint density at radius 3 is 2.93 bits per heavy atom. The first-order valence-electron chi connectivity index (χ1n) is 5.27. The quantitative estimate of drug-likeness (QED) is 0.764. The van der Waals surface area contributed by atoms with Crippen molar-refractivity contribution in [3.8, 4) is 5.82 Å². The summed E-state index contributed by atoms with van der Waals surface area (Å²) < 4.78 is 1.83. The Bertz CT molecular complexity index is 446. The van der Waals surface area contributed by atoms with Crippen LogP contribution < -0.4 is 0 Å². The van der Waals surface area contributed by atoms with E-state index in [2.05, 4.69) is 23.9 Å². The van der Waals surface area contributed by atoms with Crippen LogP contribution in [-0.2, 0) is 6.42 Å². The molecule has 3 nitrogen and oxygen atoms in total. The summed E-state index contributed by atoms with van der Waals surface area (Å²) in [5.74, 6) is 0.886. The van der Waals surface area contributed by atoms with Crippen LogP contribution in [0.4, 0.5) is 0 Å². The van der Waals surface area contributed by atoms with Crippen LogP contribution in [0.25, 0.3) is 5.82 Å². The molecule has 2 aromatic heterocycles. The molecule has 2 rings (SSSR count). The van der Waals surface area contributed by atoms with Crippen molar-refractivity contribution in [3.63, 3.8) is 0 Å². The van der Waals surface area contributed by atoms with Gasteiger partial charge in [0.15, 0.2) is 5.82 Å². The third-order valence-corrected chi connectivity index (χ3v) is 2.29. The van der Waals surface area contributed by atoms with Gasteiger partial charge in [0, 0.05) is 12.4 Å². The van der Waals surface area contributed by atoms with Crippen molar-refractivity contribution < 1.29 is 0 Å². The molecule has 0 aliphatic carbocycles. The Morgan fingerprint density at radius 1 is 1.33 bits per heavy atom. The van der Waals surface area contributed by atoms with Gasteiger partial charge in [-0.25, -0.2) is 9.67 Å². The highest BCUT2D eigenvalue weighted by Gasteiger charge is 2.01. The van der Waals surface area contributed by atoms with Gasteiger partial charge < -0.3 is 0 Å². The summed E-state index contributed by atoms with van der Waals surface area (Å²) in [4.78, 5) is 4.28. The van der Waals surface area contributed by atoms with Gasteiger partial charge >= 0.3 is 0 Å². The first-order chi connectivity index (χ1) is 7.29. The summed E-state index contributed by atoms with van der Waals surface area (Å²) in [7, 11) is 0. The number of nitrogens with zero attached hydrogens (tertiary/aromatic N) is 3. The Kier molecular flexibility index (Phi) is 2.81. The number of rotatable bonds is 3. The molecule has 0 aliphatic rings. The van der Waals surface area contributed by atoms with E-state index in [-0.39, 0.29) is 0 Å². The van der Waals surface area contributed by atoms with Crippen molar-refractivity contribution in [1.82, 2.24) is 14.8 Å². The molecule has 0 unspecified atom stereocenters. The smallest absolute Gasteiger partial charge is 0.153 e. The highest BCUT2D eigenvalue weighted by Crippen LogP contribution is 2.07. The van der Waals surface area contributed by atoms with Gasteiger partial charge in [0.05, 0.1) is 5.69 Å². The number of pyridine rings is 1. The Labute approximate surface area is 89.8 Å². The zero-order valence-corrected chi connectivity index (χ0v) is 9.14. The molecule has 0 saturated heterocycles. The molecule has 2 heterocycles. The Balaban J connectivity index is 2.29. The van der Waals surface area contributed by atoms with Crippen molar-refractivity contribution in [2.75, 3.05) is 0 Å². The van der Waals surface area contributed by atoms with Crippen molar-refractivity contribution in [1.29, 1.82) is 0 Å². The van der Waals surface area contributed by atoms with Gasteiger partial charge in [-0.2, -0.15) is 5.10 Å². The van der Waals surface area contributed by atoms with E-state index in [0.29, 0.717) is 0 Å². The highest BCUT2D eigenvalue weighted by molar-refractivity contribution is 5.26. The number of aryl methyl sites for hydroxylation is 2. The van der Waals surface area contributed by atoms with E-state index in [4.69, 9.17) is 0 Å². The van der Waals surface area contributed by atoms with Gasteiger partial charge in [0.25, 0.3) is 0 Å². The summed E-state index contributed by atoms with van der Waals surface area (Å²) >= 11 is 0. The maximum absolute atomic E-state index is 4.47. The van der Waals surface area contributed by atoms with E-state index in [1.54, 1.807) is 0 Å². The van der Waals surface area contributed by atoms with Crippen LogP contribution in [0.2, 0.25) is 0 Å². The molecule has 2 aromatic rings. The molecular weight excluding hydrogens is 186 g/mol. The van der Waals surface area contributed by atoms with Crippen molar-refractivity contribution in [2.45, 2.75) is 26.7 Å². The zero-order valence-electron chi connectivity index (χ0n) is 9.14. The molecule has 0 atom stereocenters. The van der Waals surface area contributed by atoms with Crippen molar-refractivity contribution >= 4 is 0 Å². The van der Waals surface area contributed by atoms with Gasteiger partial charge in [-0.1, -0.05) is 13.3 Å². The van der Waals surface area contributed by atoms with Crippen LogP contribution in [0.1, 0.15) is 24.6 Å². The lowest BCUT2D eigenvalue weighted by molar-refractivity contribution is 0.789.